The monoisotopic (exact) mass is 354 g/mol. The topological polar surface area (TPSA) is 60.5 Å². The van der Waals surface area contributed by atoms with Gasteiger partial charge in [0.05, 0.1) is 13.2 Å². The second-order valence-corrected chi connectivity index (χ2v) is 5.29. The summed E-state index contributed by atoms with van der Waals surface area (Å²) in [5.74, 6) is -0.736. The van der Waals surface area contributed by atoms with E-state index in [1.165, 1.54) is 25.3 Å². The van der Waals surface area contributed by atoms with E-state index in [9.17, 15) is 18.0 Å². The number of hydrogen-bond donors (Lipinski definition) is 1. The molecule has 1 unspecified atom stereocenters. The normalized spacial score (nSPS) is 12.4. The van der Waals surface area contributed by atoms with Crippen LogP contribution in [0.2, 0.25) is 0 Å². The van der Waals surface area contributed by atoms with Gasteiger partial charge < -0.3 is 14.8 Å². The first-order valence-corrected chi connectivity index (χ1v) is 7.38. The van der Waals surface area contributed by atoms with Crippen LogP contribution < -0.4 is 14.8 Å². The van der Waals surface area contributed by atoms with E-state index < -0.39 is 18.3 Å². The van der Waals surface area contributed by atoms with Crippen molar-refractivity contribution in [3.63, 3.8) is 0 Å². The van der Waals surface area contributed by atoms with E-state index in [-0.39, 0.29) is 22.8 Å². The van der Waals surface area contributed by atoms with Gasteiger partial charge in [-0.2, -0.15) is 0 Å². The Hall–Kier alpha value is -2.77. The first kappa shape index (κ1) is 18.6. The van der Waals surface area contributed by atoms with Crippen LogP contribution in [0.3, 0.4) is 0 Å². The fraction of sp³-hybridized carbons (Fsp3) is 0.294. The zero-order valence-electron chi connectivity index (χ0n) is 13.8. The van der Waals surface area contributed by atoms with Crippen molar-refractivity contribution in [1.82, 2.24) is 10.3 Å². The lowest BCUT2D eigenvalue weighted by Crippen LogP contribution is -2.28. The number of hydrogen-bond acceptors (Lipinski definition) is 4. The molecular weight excluding hydrogens is 337 g/mol. The molecule has 1 amide bonds. The average Bonchev–Trinajstić information content (AvgIpc) is 2.53. The van der Waals surface area contributed by atoms with Crippen LogP contribution in [0.4, 0.5) is 13.2 Å². The lowest BCUT2D eigenvalue weighted by Gasteiger charge is -2.19. The van der Waals surface area contributed by atoms with Gasteiger partial charge in [0, 0.05) is 11.3 Å². The minimum Gasteiger partial charge on any atom is -0.480 e. The predicted molar refractivity (Wildman–Crippen MR) is 84.5 cm³/mol. The molecule has 5 nitrogen and oxygen atoms in total. The second-order valence-electron chi connectivity index (χ2n) is 5.29. The third kappa shape index (κ3) is 4.85. The second kappa shape index (κ2) is 7.42. The molecule has 1 aromatic heterocycles. The summed E-state index contributed by atoms with van der Waals surface area (Å²) in [5, 5.41) is 2.63. The van der Waals surface area contributed by atoms with Crippen molar-refractivity contribution < 1.29 is 27.4 Å². The molecule has 0 aliphatic heterocycles. The fourth-order valence-corrected chi connectivity index (χ4v) is 2.27. The van der Waals surface area contributed by atoms with Crippen LogP contribution in [0.15, 0.2) is 36.4 Å². The molecule has 0 saturated carbocycles. The summed E-state index contributed by atoms with van der Waals surface area (Å²) in [7, 11) is 1.38. The Morgan fingerprint density at radius 3 is 2.52 bits per heavy atom. The van der Waals surface area contributed by atoms with Gasteiger partial charge in [-0.3, -0.25) is 4.79 Å². The molecule has 0 bridgehead atoms. The van der Waals surface area contributed by atoms with E-state index >= 15 is 0 Å². The van der Waals surface area contributed by atoms with Gasteiger partial charge in [-0.25, -0.2) is 4.98 Å². The first-order chi connectivity index (χ1) is 11.7. The lowest BCUT2D eigenvalue weighted by molar-refractivity contribution is -0.275. The van der Waals surface area contributed by atoms with Crippen molar-refractivity contribution in [2.24, 2.45) is 0 Å². The molecule has 1 N–H and O–H groups in total. The van der Waals surface area contributed by atoms with Gasteiger partial charge in [0.1, 0.15) is 11.3 Å². The van der Waals surface area contributed by atoms with Gasteiger partial charge in [0.25, 0.3) is 5.91 Å². The van der Waals surface area contributed by atoms with Crippen molar-refractivity contribution in [1.29, 1.82) is 0 Å². The number of pyridine rings is 1. The van der Waals surface area contributed by atoms with Crippen molar-refractivity contribution in [2.75, 3.05) is 7.11 Å². The maximum atomic E-state index is 12.5. The number of benzene rings is 1. The number of para-hydroxylation sites is 1. The zero-order chi connectivity index (χ0) is 18.6. The van der Waals surface area contributed by atoms with E-state index in [0.717, 1.165) is 0 Å². The molecule has 2 rings (SSSR count). The van der Waals surface area contributed by atoms with Crippen molar-refractivity contribution in [3.05, 3.63) is 53.2 Å². The van der Waals surface area contributed by atoms with E-state index in [2.05, 4.69) is 15.0 Å². The summed E-state index contributed by atoms with van der Waals surface area (Å²) in [6.07, 6.45) is -4.82. The quantitative estimate of drug-likeness (QED) is 0.888. The summed E-state index contributed by atoms with van der Waals surface area (Å²) < 4.78 is 46.6. The standard InChI is InChI=1S/C17H17F3N2O3/c1-10-8-9-13(16(21-10)24-3)15(23)22-11(2)12-6-4-5-7-14(12)25-17(18,19)20/h4-9,11H,1-3H3,(H,22,23). The Balaban J connectivity index is 2.23. The van der Waals surface area contributed by atoms with E-state index in [0.29, 0.717) is 5.69 Å². The molecule has 0 spiro atoms. The third-order valence-corrected chi connectivity index (χ3v) is 3.40. The molecule has 8 heteroatoms. The minimum atomic E-state index is -4.82. The number of aromatic nitrogens is 1. The summed E-state index contributed by atoms with van der Waals surface area (Å²) in [5.41, 5.74) is 1.06. The van der Waals surface area contributed by atoms with Crippen molar-refractivity contribution in [3.8, 4) is 11.6 Å². The zero-order valence-corrected chi connectivity index (χ0v) is 13.8. The van der Waals surface area contributed by atoms with Crippen LogP contribution in [0.5, 0.6) is 11.6 Å². The molecular formula is C17H17F3N2O3. The highest BCUT2D eigenvalue weighted by molar-refractivity contribution is 5.96. The molecule has 1 aromatic carbocycles. The Morgan fingerprint density at radius 2 is 1.88 bits per heavy atom. The highest BCUT2D eigenvalue weighted by Gasteiger charge is 2.32. The van der Waals surface area contributed by atoms with Crippen molar-refractivity contribution >= 4 is 5.91 Å². The number of amides is 1. The van der Waals surface area contributed by atoms with Gasteiger partial charge in [-0.1, -0.05) is 18.2 Å². The van der Waals surface area contributed by atoms with Gasteiger partial charge in [-0.15, -0.1) is 13.2 Å². The van der Waals surface area contributed by atoms with Crippen LogP contribution in [-0.4, -0.2) is 24.4 Å². The number of carbonyl (C=O) groups is 1. The lowest BCUT2D eigenvalue weighted by atomic mass is 10.1. The number of nitrogens with zero attached hydrogens (tertiary/aromatic N) is 1. The first-order valence-electron chi connectivity index (χ1n) is 7.38. The smallest absolute Gasteiger partial charge is 0.480 e. The highest BCUT2D eigenvalue weighted by atomic mass is 19.4. The minimum absolute atomic E-state index is 0.143. The maximum Gasteiger partial charge on any atom is 0.573 e. The molecule has 1 atom stereocenters. The van der Waals surface area contributed by atoms with Crippen molar-refractivity contribution in [2.45, 2.75) is 26.3 Å². The van der Waals surface area contributed by atoms with Crippen LogP contribution in [0.25, 0.3) is 0 Å². The molecule has 0 aliphatic rings. The molecule has 0 aliphatic carbocycles. The molecule has 0 saturated heterocycles. The predicted octanol–water partition coefficient (Wildman–Crippen LogP) is 3.79. The summed E-state index contributed by atoms with van der Waals surface area (Å²) in [4.78, 5) is 16.5. The highest BCUT2D eigenvalue weighted by Crippen LogP contribution is 2.30. The van der Waals surface area contributed by atoms with Crippen LogP contribution >= 0.6 is 0 Å². The number of rotatable bonds is 5. The number of alkyl halides is 3. The van der Waals surface area contributed by atoms with Crippen LogP contribution in [0.1, 0.15) is 34.6 Å². The Morgan fingerprint density at radius 1 is 1.20 bits per heavy atom. The molecule has 1 heterocycles. The molecule has 0 radical (unpaired) electrons. The van der Waals surface area contributed by atoms with Gasteiger partial charge in [0.2, 0.25) is 5.88 Å². The molecule has 2 aromatic rings. The number of aryl methyl sites for hydroxylation is 1. The molecule has 25 heavy (non-hydrogen) atoms. The molecule has 134 valence electrons. The maximum absolute atomic E-state index is 12.5. The average molecular weight is 354 g/mol. The van der Waals surface area contributed by atoms with Gasteiger partial charge >= 0.3 is 6.36 Å². The van der Waals surface area contributed by atoms with Crippen LogP contribution in [-0.2, 0) is 0 Å². The summed E-state index contributed by atoms with van der Waals surface area (Å²) in [6.45, 7) is 3.31. The summed E-state index contributed by atoms with van der Waals surface area (Å²) >= 11 is 0. The van der Waals surface area contributed by atoms with Gasteiger partial charge in [0.15, 0.2) is 0 Å². The number of halogens is 3. The van der Waals surface area contributed by atoms with E-state index in [1.807, 2.05) is 0 Å². The largest absolute Gasteiger partial charge is 0.573 e. The van der Waals surface area contributed by atoms with Gasteiger partial charge in [-0.05, 0) is 32.0 Å². The van der Waals surface area contributed by atoms with Crippen LogP contribution in [0, 0.1) is 6.92 Å². The number of nitrogens with one attached hydrogen (secondary N) is 1. The summed E-state index contributed by atoms with van der Waals surface area (Å²) in [6, 6.07) is 8.10. The number of ether oxygens (including phenoxy) is 2. The number of methoxy groups -OCH3 is 1. The fourth-order valence-electron chi connectivity index (χ4n) is 2.27. The Bertz CT molecular complexity index is 763. The SMILES string of the molecule is COc1nc(C)ccc1C(=O)NC(C)c1ccccc1OC(F)(F)F. The van der Waals surface area contributed by atoms with E-state index in [4.69, 9.17) is 4.74 Å². The van der Waals surface area contributed by atoms with E-state index in [1.54, 1.807) is 32.0 Å². The molecule has 0 fully saturated rings. The Kier molecular flexibility index (Phi) is 5.51. The Labute approximate surface area is 142 Å². The number of carbonyl (C=O) groups excluding carboxylic acids is 1. The third-order valence-electron chi connectivity index (χ3n) is 3.40.